The highest BCUT2D eigenvalue weighted by Crippen LogP contribution is 2.25. The SMILES string of the molecule is O=C1COCC(=O)N1CC1CCCC(O)C1. The predicted octanol–water partition coefficient (Wildman–Crippen LogP) is -0.0771. The number of carbonyl (C=O) groups excluding carboxylic acids is 2. The minimum Gasteiger partial charge on any atom is -0.393 e. The van der Waals surface area contributed by atoms with Crippen molar-refractivity contribution in [2.24, 2.45) is 5.92 Å². The van der Waals surface area contributed by atoms with Gasteiger partial charge in [-0.25, -0.2) is 0 Å². The Morgan fingerprint density at radius 3 is 2.56 bits per heavy atom. The van der Waals surface area contributed by atoms with E-state index in [0.717, 1.165) is 19.3 Å². The summed E-state index contributed by atoms with van der Waals surface area (Å²) in [6.07, 6.45) is 3.21. The highest BCUT2D eigenvalue weighted by molar-refractivity contribution is 5.98. The van der Waals surface area contributed by atoms with E-state index in [9.17, 15) is 14.7 Å². The van der Waals surface area contributed by atoms with Crippen LogP contribution in [0.2, 0.25) is 0 Å². The van der Waals surface area contributed by atoms with Gasteiger partial charge in [0.15, 0.2) is 0 Å². The number of ether oxygens (including phenoxy) is 1. The van der Waals surface area contributed by atoms with Crippen LogP contribution in [0.4, 0.5) is 0 Å². The molecule has 0 spiro atoms. The molecule has 2 aliphatic rings. The Balaban J connectivity index is 1.91. The fourth-order valence-corrected chi connectivity index (χ4v) is 2.41. The third-order valence-electron chi connectivity index (χ3n) is 3.25. The number of aliphatic hydroxyl groups is 1. The number of carbonyl (C=O) groups is 2. The first kappa shape index (κ1) is 11.5. The van der Waals surface area contributed by atoms with Crippen LogP contribution < -0.4 is 0 Å². The molecule has 1 saturated carbocycles. The van der Waals surface area contributed by atoms with Crippen LogP contribution in [0, 0.1) is 5.92 Å². The van der Waals surface area contributed by atoms with Gasteiger partial charge in [0.25, 0.3) is 11.8 Å². The quantitative estimate of drug-likeness (QED) is 0.670. The van der Waals surface area contributed by atoms with Crippen molar-refractivity contribution in [3.63, 3.8) is 0 Å². The van der Waals surface area contributed by atoms with Crippen molar-refractivity contribution < 1.29 is 19.4 Å². The van der Waals surface area contributed by atoms with Crippen LogP contribution >= 0.6 is 0 Å². The molecule has 2 rings (SSSR count). The topological polar surface area (TPSA) is 66.8 Å². The molecule has 1 heterocycles. The lowest BCUT2D eigenvalue weighted by atomic mass is 9.87. The Kier molecular flexibility index (Phi) is 3.56. The summed E-state index contributed by atoms with van der Waals surface area (Å²) in [5.74, 6) is -0.262. The summed E-state index contributed by atoms with van der Waals surface area (Å²) >= 11 is 0. The molecule has 2 amide bonds. The Bertz CT molecular complexity index is 276. The van der Waals surface area contributed by atoms with E-state index < -0.39 is 0 Å². The third-order valence-corrected chi connectivity index (χ3v) is 3.25. The van der Waals surface area contributed by atoms with E-state index in [0.29, 0.717) is 13.0 Å². The highest BCUT2D eigenvalue weighted by Gasteiger charge is 2.30. The molecular formula is C11H17NO4. The van der Waals surface area contributed by atoms with Crippen molar-refractivity contribution in [2.75, 3.05) is 19.8 Å². The number of nitrogens with zero attached hydrogens (tertiary/aromatic N) is 1. The molecule has 5 heteroatoms. The van der Waals surface area contributed by atoms with Crippen LogP contribution in [0.25, 0.3) is 0 Å². The van der Waals surface area contributed by atoms with Gasteiger partial charge in [-0.2, -0.15) is 0 Å². The molecule has 16 heavy (non-hydrogen) atoms. The fraction of sp³-hybridized carbons (Fsp3) is 0.818. The number of hydrogen-bond acceptors (Lipinski definition) is 4. The Labute approximate surface area is 94.4 Å². The number of amides is 2. The van der Waals surface area contributed by atoms with Gasteiger partial charge in [0, 0.05) is 6.54 Å². The van der Waals surface area contributed by atoms with E-state index in [1.165, 1.54) is 4.90 Å². The second-order valence-corrected chi connectivity index (χ2v) is 4.58. The molecule has 1 aliphatic heterocycles. The van der Waals surface area contributed by atoms with Crippen molar-refractivity contribution in [1.29, 1.82) is 0 Å². The molecule has 1 N–H and O–H groups in total. The smallest absolute Gasteiger partial charge is 0.255 e. The van der Waals surface area contributed by atoms with Crippen molar-refractivity contribution >= 4 is 11.8 Å². The summed E-state index contributed by atoms with van der Waals surface area (Å²) in [6.45, 7) is 0.445. The first-order chi connectivity index (χ1) is 7.66. The first-order valence-electron chi connectivity index (χ1n) is 5.76. The lowest BCUT2D eigenvalue weighted by molar-refractivity contribution is -0.159. The first-order valence-corrected chi connectivity index (χ1v) is 5.76. The largest absolute Gasteiger partial charge is 0.393 e. The van der Waals surface area contributed by atoms with Gasteiger partial charge >= 0.3 is 0 Å². The molecule has 1 saturated heterocycles. The normalized spacial score (nSPS) is 31.9. The van der Waals surface area contributed by atoms with Crippen LogP contribution in [-0.4, -0.2) is 47.7 Å². The predicted molar refractivity (Wildman–Crippen MR) is 55.5 cm³/mol. The monoisotopic (exact) mass is 227 g/mol. The van der Waals surface area contributed by atoms with Crippen LogP contribution in [0.15, 0.2) is 0 Å². The van der Waals surface area contributed by atoms with Crippen LogP contribution in [0.5, 0.6) is 0 Å². The highest BCUT2D eigenvalue weighted by atomic mass is 16.5. The molecule has 5 nitrogen and oxygen atoms in total. The minimum absolute atomic E-state index is 0.00101. The number of morpholine rings is 1. The molecule has 0 radical (unpaired) electrons. The Hall–Kier alpha value is -0.940. The lowest BCUT2D eigenvalue weighted by Crippen LogP contribution is -2.48. The second-order valence-electron chi connectivity index (χ2n) is 4.58. The van der Waals surface area contributed by atoms with Gasteiger partial charge in [-0.3, -0.25) is 14.5 Å². The number of rotatable bonds is 2. The van der Waals surface area contributed by atoms with Gasteiger partial charge < -0.3 is 9.84 Å². The summed E-state index contributed by atoms with van der Waals surface area (Å²) in [5.41, 5.74) is 0. The summed E-state index contributed by atoms with van der Waals surface area (Å²) in [6, 6.07) is 0. The molecule has 1 aliphatic carbocycles. The molecule has 0 aromatic heterocycles. The molecule has 90 valence electrons. The summed E-state index contributed by atoms with van der Waals surface area (Å²) < 4.78 is 4.84. The van der Waals surface area contributed by atoms with Crippen LogP contribution in [0.1, 0.15) is 25.7 Å². The zero-order valence-electron chi connectivity index (χ0n) is 9.22. The van der Waals surface area contributed by atoms with E-state index in [-0.39, 0.29) is 37.0 Å². The Morgan fingerprint density at radius 1 is 1.25 bits per heavy atom. The molecule has 2 atom stereocenters. The zero-order valence-corrected chi connectivity index (χ0v) is 9.22. The summed E-state index contributed by atoms with van der Waals surface area (Å²) in [4.78, 5) is 24.2. The lowest BCUT2D eigenvalue weighted by Gasteiger charge is -2.32. The van der Waals surface area contributed by atoms with Crippen molar-refractivity contribution in [2.45, 2.75) is 31.8 Å². The van der Waals surface area contributed by atoms with Crippen molar-refractivity contribution in [3.8, 4) is 0 Å². The maximum atomic E-state index is 11.5. The second kappa shape index (κ2) is 4.93. The number of hydrogen-bond donors (Lipinski definition) is 1. The molecule has 2 fully saturated rings. The maximum Gasteiger partial charge on any atom is 0.255 e. The molecule has 2 unspecified atom stereocenters. The minimum atomic E-state index is -0.273. The number of imide groups is 1. The average molecular weight is 227 g/mol. The fourth-order valence-electron chi connectivity index (χ4n) is 2.41. The van der Waals surface area contributed by atoms with E-state index in [4.69, 9.17) is 4.74 Å². The van der Waals surface area contributed by atoms with Crippen molar-refractivity contribution in [3.05, 3.63) is 0 Å². The van der Waals surface area contributed by atoms with Gasteiger partial charge in [0.05, 0.1) is 6.10 Å². The van der Waals surface area contributed by atoms with Crippen LogP contribution in [0.3, 0.4) is 0 Å². The molecular weight excluding hydrogens is 210 g/mol. The zero-order chi connectivity index (χ0) is 11.5. The summed E-state index contributed by atoms with van der Waals surface area (Å²) in [5, 5.41) is 9.53. The Morgan fingerprint density at radius 2 is 1.94 bits per heavy atom. The van der Waals surface area contributed by atoms with E-state index in [2.05, 4.69) is 0 Å². The van der Waals surface area contributed by atoms with Crippen molar-refractivity contribution in [1.82, 2.24) is 4.90 Å². The van der Waals surface area contributed by atoms with Gasteiger partial charge in [-0.15, -0.1) is 0 Å². The van der Waals surface area contributed by atoms with Gasteiger partial charge in [0.2, 0.25) is 0 Å². The molecule has 0 aromatic rings. The molecule has 0 aromatic carbocycles. The average Bonchev–Trinajstić information content (AvgIpc) is 2.24. The molecule has 0 bridgehead atoms. The standard InChI is InChI=1S/C11H17NO4/c13-9-3-1-2-8(4-9)5-12-10(14)6-16-7-11(12)15/h8-9,13H,1-7H2. The third kappa shape index (κ3) is 2.59. The van der Waals surface area contributed by atoms with Gasteiger partial charge in [-0.1, -0.05) is 6.42 Å². The van der Waals surface area contributed by atoms with Gasteiger partial charge in [-0.05, 0) is 25.2 Å². The van der Waals surface area contributed by atoms with E-state index in [1.54, 1.807) is 0 Å². The summed E-state index contributed by atoms with van der Waals surface area (Å²) in [7, 11) is 0. The van der Waals surface area contributed by atoms with E-state index in [1.807, 2.05) is 0 Å². The van der Waals surface area contributed by atoms with E-state index >= 15 is 0 Å². The number of aliphatic hydroxyl groups excluding tert-OH is 1. The maximum absolute atomic E-state index is 11.5. The van der Waals surface area contributed by atoms with Crippen LogP contribution in [-0.2, 0) is 14.3 Å². The van der Waals surface area contributed by atoms with Gasteiger partial charge in [0.1, 0.15) is 13.2 Å².